The highest BCUT2D eigenvalue weighted by molar-refractivity contribution is 5.71. The first-order valence-corrected chi connectivity index (χ1v) is 4.90. The molecule has 0 amide bonds. The van der Waals surface area contributed by atoms with Gasteiger partial charge in [-0.15, -0.1) is 0 Å². The third-order valence-corrected chi connectivity index (χ3v) is 2.20. The van der Waals surface area contributed by atoms with Crippen LogP contribution in [0, 0.1) is 0 Å². The number of nitrogens with zero attached hydrogens (tertiary/aromatic N) is 1. The van der Waals surface area contributed by atoms with Crippen LogP contribution in [0.3, 0.4) is 0 Å². The van der Waals surface area contributed by atoms with E-state index < -0.39 is 0 Å². The highest BCUT2D eigenvalue weighted by Gasteiger charge is 1.99. The summed E-state index contributed by atoms with van der Waals surface area (Å²) >= 11 is 0. The molecule has 16 heavy (non-hydrogen) atoms. The van der Waals surface area contributed by atoms with E-state index in [1.807, 2.05) is 24.3 Å². The Labute approximate surface area is 94.1 Å². The van der Waals surface area contributed by atoms with Gasteiger partial charge in [-0.2, -0.15) is 0 Å². The van der Waals surface area contributed by atoms with E-state index >= 15 is 0 Å². The van der Waals surface area contributed by atoms with E-state index in [0.29, 0.717) is 5.69 Å². The first kappa shape index (κ1) is 10.3. The SMILES string of the molecule is COc1cccc(Nc2cnccc2N)c1. The number of nitrogens with two attached hydrogens (primary N) is 1. The van der Waals surface area contributed by atoms with Crippen LogP contribution in [0.15, 0.2) is 42.7 Å². The van der Waals surface area contributed by atoms with E-state index in [1.54, 1.807) is 25.6 Å². The maximum Gasteiger partial charge on any atom is 0.120 e. The highest BCUT2D eigenvalue weighted by Crippen LogP contribution is 2.24. The summed E-state index contributed by atoms with van der Waals surface area (Å²) in [7, 11) is 1.64. The third-order valence-electron chi connectivity index (χ3n) is 2.20. The molecule has 1 aromatic carbocycles. The van der Waals surface area contributed by atoms with Gasteiger partial charge >= 0.3 is 0 Å². The molecule has 0 aliphatic rings. The van der Waals surface area contributed by atoms with Crippen molar-refractivity contribution in [3.8, 4) is 5.75 Å². The number of pyridine rings is 1. The summed E-state index contributed by atoms with van der Waals surface area (Å²) in [6.07, 6.45) is 3.35. The van der Waals surface area contributed by atoms with Crippen molar-refractivity contribution in [3.63, 3.8) is 0 Å². The smallest absolute Gasteiger partial charge is 0.120 e. The molecule has 0 saturated heterocycles. The van der Waals surface area contributed by atoms with Gasteiger partial charge in [0, 0.05) is 18.0 Å². The van der Waals surface area contributed by atoms with Crippen molar-refractivity contribution in [2.75, 3.05) is 18.2 Å². The number of nitrogens with one attached hydrogen (secondary N) is 1. The van der Waals surface area contributed by atoms with Gasteiger partial charge in [-0.1, -0.05) is 6.07 Å². The summed E-state index contributed by atoms with van der Waals surface area (Å²) in [6, 6.07) is 9.38. The standard InChI is InChI=1S/C12H13N3O/c1-16-10-4-2-3-9(7-10)15-12-8-14-6-5-11(12)13/h2-8,15H,1H3,(H2,13,14). The predicted molar refractivity (Wildman–Crippen MR) is 64.9 cm³/mol. The van der Waals surface area contributed by atoms with Crippen molar-refractivity contribution < 1.29 is 4.74 Å². The molecule has 4 heteroatoms. The molecular formula is C12H13N3O. The molecule has 0 bridgehead atoms. The molecule has 2 rings (SSSR count). The lowest BCUT2D eigenvalue weighted by molar-refractivity contribution is 0.415. The minimum atomic E-state index is 0.665. The topological polar surface area (TPSA) is 60.2 Å². The van der Waals surface area contributed by atoms with Gasteiger partial charge in [0.25, 0.3) is 0 Å². The molecular weight excluding hydrogens is 202 g/mol. The average molecular weight is 215 g/mol. The Morgan fingerprint density at radius 2 is 2.19 bits per heavy atom. The Morgan fingerprint density at radius 3 is 2.94 bits per heavy atom. The zero-order valence-electron chi connectivity index (χ0n) is 8.97. The molecule has 0 saturated carbocycles. The van der Waals surface area contributed by atoms with Crippen molar-refractivity contribution in [1.82, 2.24) is 4.98 Å². The lowest BCUT2D eigenvalue weighted by Gasteiger charge is -2.09. The van der Waals surface area contributed by atoms with Crippen molar-refractivity contribution >= 4 is 17.1 Å². The number of benzene rings is 1. The van der Waals surface area contributed by atoms with Crippen LogP contribution >= 0.6 is 0 Å². The second kappa shape index (κ2) is 4.53. The Bertz CT molecular complexity index is 485. The maximum absolute atomic E-state index is 5.81. The summed E-state index contributed by atoms with van der Waals surface area (Å²) in [4.78, 5) is 4.01. The van der Waals surface area contributed by atoms with Crippen LogP contribution < -0.4 is 15.8 Å². The lowest BCUT2D eigenvalue weighted by Crippen LogP contribution is -1.96. The number of methoxy groups -OCH3 is 1. The number of ether oxygens (including phenoxy) is 1. The Morgan fingerprint density at radius 1 is 1.31 bits per heavy atom. The molecule has 82 valence electrons. The van der Waals surface area contributed by atoms with Gasteiger partial charge in [-0.25, -0.2) is 0 Å². The normalized spacial score (nSPS) is 9.81. The van der Waals surface area contributed by atoms with Gasteiger partial charge in [0.2, 0.25) is 0 Å². The van der Waals surface area contributed by atoms with E-state index in [0.717, 1.165) is 17.1 Å². The van der Waals surface area contributed by atoms with Gasteiger partial charge in [0.1, 0.15) is 5.75 Å². The van der Waals surface area contributed by atoms with E-state index in [-0.39, 0.29) is 0 Å². The molecule has 0 fully saturated rings. The molecule has 3 N–H and O–H groups in total. The largest absolute Gasteiger partial charge is 0.497 e. The van der Waals surface area contributed by atoms with E-state index in [2.05, 4.69) is 10.3 Å². The summed E-state index contributed by atoms with van der Waals surface area (Å²) in [5.41, 5.74) is 8.17. The van der Waals surface area contributed by atoms with E-state index in [1.165, 1.54) is 0 Å². The minimum absolute atomic E-state index is 0.665. The van der Waals surface area contributed by atoms with E-state index in [9.17, 15) is 0 Å². The molecule has 4 nitrogen and oxygen atoms in total. The van der Waals surface area contributed by atoms with Crippen LogP contribution in [-0.4, -0.2) is 12.1 Å². The Kier molecular flexibility index (Phi) is 2.91. The maximum atomic E-state index is 5.81. The zero-order chi connectivity index (χ0) is 11.4. The molecule has 0 radical (unpaired) electrons. The molecule has 2 aromatic rings. The minimum Gasteiger partial charge on any atom is -0.497 e. The van der Waals surface area contributed by atoms with Crippen molar-refractivity contribution in [3.05, 3.63) is 42.7 Å². The second-order valence-corrected chi connectivity index (χ2v) is 3.32. The van der Waals surface area contributed by atoms with Crippen LogP contribution in [0.1, 0.15) is 0 Å². The molecule has 0 atom stereocenters. The predicted octanol–water partition coefficient (Wildman–Crippen LogP) is 2.42. The van der Waals surface area contributed by atoms with Crippen LogP contribution in [0.2, 0.25) is 0 Å². The fourth-order valence-electron chi connectivity index (χ4n) is 1.37. The van der Waals surface area contributed by atoms with Crippen molar-refractivity contribution in [1.29, 1.82) is 0 Å². The number of rotatable bonds is 3. The molecule has 0 unspecified atom stereocenters. The molecule has 0 aliphatic heterocycles. The summed E-state index contributed by atoms with van der Waals surface area (Å²) in [5.74, 6) is 0.799. The molecule has 0 aliphatic carbocycles. The summed E-state index contributed by atoms with van der Waals surface area (Å²) in [5, 5.41) is 3.18. The Hall–Kier alpha value is -2.23. The van der Waals surface area contributed by atoms with E-state index in [4.69, 9.17) is 10.5 Å². The number of aromatic nitrogens is 1. The van der Waals surface area contributed by atoms with Crippen molar-refractivity contribution in [2.45, 2.75) is 0 Å². The Balaban J connectivity index is 2.24. The monoisotopic (exact) mass is 215 g/mol. The van der Waals surface area contributed by atoms with Crippen LogP contribution in [0.4, 0.5) is 17.1 Å². The van der Waals surface area contributed by atoms with Crippen molar-refractivity contribution in [2.24, 2.45) is 0 Å². The number of hydrogen-bond donors (Lipinski definition) is 2. The molecule has 1 heterocycles. The molecule has 1 aromatic heterocycles. The zero-order valence-corrected chi connectivity index (χ0v) is 8.97. The van der Waals surface area contributed by atoms with Gasteiger partial charge < -0.3 is 15.8 Å². The first-order chi connectivity index (χ1) is 7.79. The lowest BCUT2D eigenvalue weighted by atomic mass is 10.2. The first-order valence-electron chi connectivity index (χ1n) is 4.90. The van der Waals surface area contributed by atoms with Crippen LogP contribution in [0.25, 0.3) is 0 Å². The van der Waals surface area contributed by atoms with Gasteiger partial charge in [0.05, 0.1) is 24.7 Å². The van der Waals surface area contributed by atoms with Crippen LogP contribution in [-0.2, 0) is 0 Å². The fraction of sp³-hybridized carbons (Fsp3) is 0.0833. The summed E-state index contributed by atoms with van der Waals surface area (Å²) < 4.78 is 5.14. The number of nitrogen functional groups attached to an aromatic ring is 1. The summed E-state index contributed by atoms with van der Waals surface area (Å²) in [6.45, 7) is 0. The fourth-order valence-corrected chi connectivity index (χ4v) is 1.37. The molecule has 0 spiro atoms. The van der Waals surface area contributed by atoms with Gasteiger partial charge in [0.15, 0.2) is 0 Å². The van der Waals surface area contributed by atoms with Gasteiger partial charge in [-0.05, 0) is 18.2 Å². The third kappa shape index (κ3) is 2.23. The second-order valence-electron chi connectivity index (χ2n) is 3.32. The average Bonchev–Trinajstić information content (AvgIpc) is 2.32. The number of hydrogen-bond acceptors (Lipinski definition) is 4. The van der Waals surface area contributed by atoms with Gasteiger partial charge in [-0.3, -0.25) is 4.98 Å². The number of anilines is 3. The highest BCUT2D eigenvalue weighted by atomic mass is 16.5. The van der Waals surface area contributed by atoms with Crippen LogP contribution in [0.5, 0.6) is 5.75 Å². The quantitative estimate of drug-likeness (QED) is 0.825.